The molecule has 0 aliphatic carbocycles. The van der Waals surface area contributed by atoms with Gasteiger partial charge in [-0.2, -0.15) is 0 Å². The summed E-state index contributed by atoms with van der Waals surface area (Å²) in [6.45, 7) is 1.81. The summed E-state index contributed by atoms with van der Waals surface area (Å²) in [4.78, 5) is 11.7. The zero-order chi connectivity index (χ0) is 11.8. The molecule has 0 radical (unpaired) electrons. The molecule has 2 heteroatoms. The van der Waals surface area contributed by atoms with Crippen molar-refractivity contribution in [3.63, 3.8) is 0 Å². The van der Waals surface area contributed by atoms with Gasteiger partial charge in [-0.3, -0.25) is 4.79 Å². The lowest BCUT2D eigenvalue weighted by molar-refractivity contribution is 0.0980. The van der Waals surface area contributed by atoms with Crippen molar-refractivity contribution >= 4 is 5.78 Å². The van der Waals surface area contributed by atoms with Crippen LogP contribution in [0, 0.1) is 11.8 Å². The Morgan fingerprint density at radius 2 is 2.00 bits per heavy atom. The minimum Gasteiger partial charge on any atom is -0.497 e. The van der Waals surface area contributed by atoms with Crippen molar-refractivity contribution in [2.24, 2.45) is 0 Å². The van der Waals surface area contributed by atoms with Crippen molar-refractivity contribution in [1.29, 1.82) is 0 Å². The van der Waals surface area contributed by atoms with Crippen LogP contribution in [0.1, 0.15) is 36.5 Å². The van der Waals surface area contributed by atoms with Crippen LogP contribution in [0.2, 0.25) is 0 Å². The minimum absolute atomic E-state index is 0.167. The highest BCUT2D eigenvalue weighted by Crippen LogP contribution is 2.13. The fraction of sp³-hybridized carbons (Fsp3) is 0.357. The van der Waals surface area contributed by atoms with Crippen LogP contribution in [-0.2, 0) is 0 Å². The van der Waals surface area contributed by atoms with Crippen molar-refractivity contribution in [1.82, 2.24) is 0 Å². The van der Waals surface area contributed by atoms with Gasteiger partial charge in [0, 0.05) is 18.4 Å². The molecular formula is C14H16O2. The van der Waals surface area contributed by atoms with E-state index in [2.05, 4.69) is 11.8 Å². The molecule has 0 fully saturated rings. The van der Waals surface area contributed by atoms with Crippen LogP contribution in [0.4, 0.5) is 0 Å². The molecule has 0 aromatic heterocycles. The summed E-state index contributed by atoms with van der Waals surface area (Å²) in [5, 5.41) is 0. The SMILES string of the molecule is CC#CCCCC(=O)c1ccc(OC)cc1. The lowest BCUT2D eigenvalue weighted by Crippen LogP contribution is -1.98. The number of unbranched alkanes of at least 4 members (excludes halogenated alkanes) is 1. The fourth-order valence-corrected chi connectivity index (χ4v) is 1.38. The Hall–Kier alpha value is -1.75. The van der Waals surface area contributed by atoms with E-state index in [4.69, 9.17) is 4.74 Å². The van der Waals surface area contributed by atoms with E-state index >= 15 is 0 Å². The first kappa shape index (κ1) is 12.3. The monoisotopic (exact) mass is 216 g/mol. The van der Waals surface area contributed by atoms with E-state index in [-0.39, 0.29) is 5.78 Å². The van der Waals surface area contributed by atoms with Gasteiger partial charge in [0.25, 0.3) is 0 Å². The van der Waals surface area contributed by atoms with Crippen LogP contribution in [0.3, 0.4) is 0 Å². The molecule has 2 nitrogen and oxygen atoms in total. The maximum absolute atomic E-state index is 11.7. The lowest BCUT2D eigenvalue weighted by atomic mass is 10.1. The molecule has 0 spiro atoms. The average molecular weight is 216 g/mol. The summed E-state index contributed by atoms with van der Waals surface area (Å²) in [5.74, 6) is 6.71. The predicted molar refractivity (Wildman–Crippen MR) is 64.6 cm³/mol. The molecule has 0 saturated heterocycles. The van der Waals surface area contributed by atoms with E-state index in [0.29, 0.717) is 6.42 Å². The first-order chi connectivity index (χ1) is 7.77. The number of Topliss-reactive ketones (excluding diaryl/α,β-unsaturated/α-hetero) is 1. The Kier molecular flexibility index (Phi) is 5.15. The van der Waals surface area contributed by atoms with Gasteiger partial charge in [0.2, 0.25) is 0 Å². The van der Waals surface area contributed by atoms with Crippen molar-refractivity contribution in [3.8, 4) is 17.6 Å². The van der Waals surface area contributed by atoms with Crippen molar-refractivity contribution in [3.05, 3.63) is 29.8 Å². The Morgan fingerprint density at radius 1 is 1.31 bits per heavy atom. The number of benzene rings is 1. The Bertz CT molecular complexity index is 393. The molecule has 0 saturated carbocycles. The largest absolute Gasteiger partial charge is 0.497 e. The van der Waals surface area contributed by atoms with Gasteiger partial charge in [0.1, 0.15) is 5.75 Å². The second kappa shape index (κ2) is 6.68. The van der Waals surface area contributed by atoms with Crippen LogP contribution < -0.4 is 4.74 Å². The van der Waals surface area contributed by atoms with Gasteiger partial charge in [-0.05, 0) is 37.6 Å². The molecule has 0 atom stereocenters. The smallest absolute Gasteiger partial charge is 0.162 e. The van der Waals surface area contributed by atoms with E-state index < -0.39 is 0 Å². The normalized spacial score (nSPS) is 9.12. The van der Waals surface area contributed by atoms with E-state index in [1.54, 1.807) is 31.4 Å². The highest BCUT2D eigenvalue weighted by atomic mass is 16.5. The molecule has 0 amide bonds. The zero-order valence-electron chi connectivity index (χ0n) is 9.75. The molecule has 0 aliphatic rings. The summed E-state index contributed by atoms with van der Waals surface area (Å²) < 4.78 is 5.03. The number of methoxy groups -OCH3 is 1. The topological polar surface area (TPSA) is 26.3 Å². The van der Waals surface area contributed by atoms with E-state index in [1.165, 1.54) is 0 Å². The molecular weight excluding hydrogens is 200 g/mol. The zero-order valence-corrected chi connectivity index (χ0v) is 9.75. The van der Waals surface area contributed by atoms with Gasteiger partial charge < -0.3 is 4.74 Å². The molecule has 0 N–H and O–H groups in total. The molecule has 1 aromatic rings. The molecule has 1 aromatic carbocycles. The van der Waals surface area contributed by atoms with Crippen LogP contribution in [0.5, 0.6) is 5.75 Å². The lowest BCUT2D eigenvalue weighted by Gasteiger charge is -2.02. The number of hydrogen-bond donors (Lipinski definition) is 0. The van der Waals surface area contributed by atoms with Crippen molar-refractivity contribution in [2.45, 2.75) is 26.2 Å². The van der Waals surface area contributed by atoms with Gasteiger partial charge >= 0.3 is 0 Å². The third-order valence-electron chi connectivity index (χ3n) is 2.29. The number of rotatable bonds is 5. The molecule has 0 heterocycles. The van der Waals surface area contributed by atoms with Gasteiger partial charge in [0.05, 0.1) is 7.11 Å². The molecule has 0 bridgehead atoms. The van der Waals surface area contributed by atoms with Crippen LogP contribution in [0.15, 0.2) is 24.3 Å². The van der Waals surface area contributed by atoms with Crippen molar-refractivity contribution < 1.29 is 9.53 Å². The highest BCUT2D eigenvalue weighted by molar-refractivity contribution is 5.96. The predicted octanol–water partition coefficient (Wildman–Crippen LogP) is 3.07. The summed E-state index contributed by atoms with van der Waals surface area (Å²) in [6.07, 6.45) is 2.17. The number of carbonyl (C=O) groups is 1. The summed E-state index contributed by atoms with van der Waals surface area (Å²) in [6, 6.07) is 7.21. The maximum Gasteiger partial charge on any atom is 0.162 e. The van der Waals surface area contributed by atoms with Crippen LogP contribution >= 0.6 is 0 Å². The third-order valence-corrected chi connectivity index (χ3v) is 2.29. The molecule has 0 unspecified atom stereocenters. The second-order valence-corrected chi connectivity index (χ2v) is 3.43. The average Bonchev–Trinajstić information content (AvgIpc) is 2.34. The van der Waals surface area contributed by atoms with Gasteiger partial charge in [-0.1, -0.05) is 0 Å². The number of hydrogen-bond acceptors (Lipinski definition) is 2. The molecule has 84 valence electrons. The number of ketones is 1. The fourth-order valence-electron chi connectivity index (χ4n) is 1.38. The summed E-state index contributed by atoms with van der Waals surface area (Å²) in [5.41, 5.74) is 0.741. The highest BCUT2D eigenvalue weighted by Gasteiger charge is 2.04. The van der Waals surface area contributed by atoms with Gasteiger partial charge in [0.15, 0.2) is 5.78 Å². The first-order valence-corrected chi connectivity index (χ1v) is 5.34. The summed E-state index contributed by atoms with van der Waals surface area (Å²) in [7, 11) is 1.61. The Morgan fingerprint density at radius 3 is 2.56 bits per heavy atom. The van der Waals surface area contributed by atoms with Gasteiger partial charge in [-0.25, -0.2) is 0 Å². The summed E-state index contributed by atoms with van der Waals surface area (Å²) >= 11 is 0. The van der Waals surface area contributed by atoms with Gasteiger partial charge in [-0.15, -0.1) is 11.8 Å². The van der Waals surface area contributed by atoms with E-state index in [0.717, 1.165) is 24.2 Å². The van der Waals surface area contributed by atoms with Crippen LogP contribution in [-0.4, -0.2) is 12.9 Å². The number of ether oxygens (including phenoxy) is 1. The Labute approximate surface area is 96.6 Å². The molecule has 1 rings (SSSR count). The van der Waals surface area contributed by atoms with E-state index in [9.17, 15) is 4.79 Å². The first-order valence-electron chi connectivity index (χ1n) is 5.34. The van der Waals surface area contributed by atoms with Crippen molar-refractivity contribution in [2.75, 3.05) is 7.11 Å². The second-order valence-electron chi connectivity index (χ2n) is 3.43. The molecule has 16 heavy (non-hydrogen) atoms. The quantitative estimate of drug-likeness (QED) is 0.429. The number of carbonyl (C=O) groups excluding carboxylic acids is 1. The van der Waals surface area contributed by atoms with Crippen LogP contribution in [0.25, 0.3) is 0 Å². The maximum atomic E-state index is 11.7. The Balaban J connectivity index is 2.48. The van der Waals surface area contributed by atoms with E-state index in [1.807, 2.05) is 6.92 Å². The minimum atomic E-state index is 0.167. The molecule has 0 aliphatic heterocycles. The standard InChI is InChI=1S/C14H16O2/c1-3-4-5-6-7-14(15)12-8-10-13(16-2)11-9-12/h8-11H,5-7H2,1-2H3. The third kappa shape index (κ3) is 3.78.